The molecule has 2 rings (SSSR count). The van der Waals surface area contributed by atoms with Gasteiger partial charge in [0, 0.05) is 10.4 Å². The Hall–Kier alpha value is -0.530. The van der Waals surface area contributed by atoms with E-state index in [2.05, 4.69) is 39.0 Å². The minimum Gasteiger partial charge on any atom is -0.379 e. The highest BCUT2D eigenvalue weighted by molar-refractivity contribution is 6.31. The van der Waals surface area contributed by atoms with Gasteiger partial charge >= 0.3 is 0 Å². The van der Waals surface area contributed by atoms with Crippen LogP contribution in [0.2, 0.25) is 5.02 Å². The maximum absolute atomic E-state index is 6.35. The quantitative estimate of drug-likeness (QED) is 0.778. The van der Waals surface area contributed by atoms with Crippen molar-refractivity contribution in [2.75, 3.05) is 13.2 Å². The van der Waals surface area contributed by atoms with E-state index in [1.54, 1.807) is 0 Å². The van der Waals surface area contributed by atoms with Gasteiger partial charge in [0.05, 0.1) is 13.2 Å². The van der Waals surface area contributed by atoms with E-state index in [1.165, 1.54) is 11.1 Å². The van der Waals surface area contributed by atoms with Crippen LogP contribution in [0.5, 0.6) is 0 Å². The maximum Gasteiger partial charge on any atom is 0.0583 e. The van der Waals surface area contributed by atoms with Crippen LogP contribution in [0.15, 0.2) is 18.2 Å². The Kier molecular flexibility index (Phi) is 3.27. The van der Waals surface area contributed by atoms with Crippen LogP contribution in [0.4, 0.5) is 0 Å². The fourth-order valence-electron chi connectivity index (χ4n) is 2.21. The lowest BCUT2D eigenvalue weighted by Gasteiger charge is -2.39. The minimum atomic E-state index is 0.132. The highest BCUT2D eigenvalue weighted by atomic mass is 35.5. The van der Waals surface area contributed by atoms with Crippen molar-refractivity contribution in [2.24, 2.45) is 5.92 Å². The average molecular weight is 239 g/mol. The van der Waals surface area contributed by atoms with Gasteiger partial charge in [-0.05, 0) is 29.5 Å². The summed E-state index contributed by atoms with van der Waals surface area (Å²) in [7, 11) is 0. The van der Waals surface area contributed by atoms with E-state index in [1.807, 2.05) is 0 Å². The van der Waals surface area contributed by atoms with Gasteiger partial charge < -0.3 is 4.74 Å². The van der Waals surface area contributed by atoms with Gasteiger partial charge in [0.2, 0.25) is 0 Å². The molecule has 0 atom stereocenters. The minimum absolute atomic E-state index is 0.132. The van der Waals surface area contributed by atoms with Gasteiger partial charge in [0.15, 0.2) is 0 Å². The number of ether oxygens (including phenoxy) is 1. The number of hydrogen-bond acceptors (Lipinski definition) is 1. The second-order valence-electron chi connectivity index (χ2n) is 5.47. The second-order valence-corrected chi connectivity index (χ2v) is 5.87. The molecule has 1 fully saturated rings. The topological polar surface area (TPSA) is 9.23 Å². The molecule has 0 spiro atoms. The fourth-order valence-corrected chi connectivity index (χ4v) is 2.64. The van der Waals surface area contributed by atoms with Gasteiger partial charge in [0.1, 0.15) is 0 Å². The van der Waals surface area contributed by atoms with Crippen molar-refractivity contribution < 1.29 is 4.74 Å². The van der Waals surface area contributed by atoms with Crippen LogP contribution in [-0.4, -0.2) is 13.2 Å². The van der Waals surface area contributed by atoms with Gasteiger partial charge in [-0.25, -0.2) is 0 Å². The molecule has 2 heteroatoms. The molecule has 0 unspecified atom stereocenters. The van der Waals surface area contributed by atoms with E-state index in [4.69, 9.17) is 16.3 Å². The number of benzene rings is 1. The summed E-state index contributed by atoms with van der Waals surface area (Å²) in [5.41, 5.74) is 2.69. The SMILES string of the molecule is CC(C)Cc1ccc(C2(C)COC2)c(Cl)c1. The van der Waals surface area contributed by atoms with Crippen LogP contribution in [0.25, 0.3) is 0 Å². The van der Waals surface area contributed by atoms with Crippen LogP contribution < -0.4 is 0 Å². The molecule has 0 N–H and O–H groups in total. The highest BCUT2D eigenvalue weighted by Crippen LogP contribution is 2.36. The van der Waals surface area contributed by atoms with E-state index in [-0.39, 0.29) is 5.41 Å². The average Bonchev–Trinajstić information content (AvgIpc) is 2.13. The molecule has 16 heavy (non-hydrogen) atoms. The first-order valence-corrected chi connectivity index (χ1v) is 6.26. The number of rotatable bonds is 3. The summed E-state index contributed by atoms with van der Waals surface area (Å²) in [5, 5.41) is 0.893. The smallest absolute Gasteiger partial charge is 0.0583 e. The standard InChI is InChI=1S/C14H19ClO/c1-10(2)6-11-4-5-12(13(15)7-11)14(3)8-16-9-14/h4-5,7,10H,6,8-9H2,1-3H3. The zero-order chi connectivity index (χ0) is 11.8. The van der Waals surface area contributed by atoms with Crippen LogP contribution >= 0.6 is 11.6 Å². The largest absolute Gasteiger partial charge is 0.379 e. The van der Waals surface area contributed by atoms with Crippen molar-refractivity contribution in [3.8, 4) is 0 Å². The van der Waals surface area contributed by atoms with Crippen LogP contribution in [0.1, 0.15) is 31.9 Å². The Labute approximate surface area is 103 Å². The summed E-state index contributed by atoms with van der Waals surface area (Å²) in [6, 6.07) is 6.48. The van der Waals surface area contributed by atoms with Crippen LogP contribution in [-0.2, 0) is 16.6 Å². The molecule has 0 amide bonds. The summed E-state index contributed by atoms with van der Waals surface area (Å²) in [6.45, 7) is 8.23. The Balaban J connectivity index is 2.23. The summed E-state index contributed by atoms with van der Waals surface area (Å²) in [6.07, 6.45) is 1.09. The monoisotopic (exact) mass is 238 g/mol. The fraction of sp³-hybridized carbons (Fsp3) is 0.571. The third kappa shape index (κ3) is 2.26. The first kappa shape index (κ1) is 11.9. The Morgan fingerprint density at radius 1 is 1.38 bits per heavy atom. The van der Waals surface area contributed by atoms with Gasteiger partial charge in [0.25, 0.3) is 0 Å². The molecule has 88 valence electrons. The molecule has 0 aromatic heterocycles. The third-order valence-electron chi connectivity index (χ3n) is 3.17. The van der Waals surface area contributed by atoms with Crippen molar-refractivity contribution in [2.45, 2.75) is 32.6 Å². The van der Waals surface area contributed by atoms with E-state index in [9.17, 15) is 0 Å². The normalized spacial score (nSPS) is 18.6. The first-order valence-electron chi connectivity index (χ1n) is 5.88. The number of halogens is 1. The van der Waals surface area contributed by atoms with E-state index < -0.39 is 0 Å². The lowest BCUT2D eigenvalue weighted by atomic mass is 9.80. The molecular weight excluding hydrogens is 220 g/mol. The lowest BCUT2D eigenvalue weighted by Crippen LogP contribution is -2.44. The van der Waals surface area contributed by atoms with Crippen molar-refractivity contribution in [1.82, 2.24) is 0 Å². The van der Waals surface area contributed by atoms with Crippen molar-refractivity contribution >= 4 is 11.6 Å². The first-order chi connectivity index (χ1) is 7.51. The van der Waals surface area contributed by atoms with Gasteiger partial charge in [-0.15, -0.1) is 0 Å². The molecule has 0 saturated carbocycles. The molecule has 1 saturated heterocycles. The van der Waals surface area contributed by atoms with Gasteiger partial charge in [-0.2, -0.15) is 0 Å². The van der Waals surface area contributed by atoms with E-state index in [0.717, 1.165) is 24.7 Å². The predicted octanol–water partition coefficient (Wildman–Crippen LogP) is 3.83. The maximum atomic E-state index is 6.35. The Bertz CT molecular complexity index is 380. The summed E-state index contributed by atoms with van der Waals surface area (Å²) < 4.78 is 5.28. The molecule has 0 aliphatic carbocycles. The van der Waals surface area contributed by atoms with Crippen molar-refractivity contribution in [3.63, 3.8) is 0 Å². The highest BCUT2D eigenvalue weighted by Gasteiger charge is 2.36. The predicted molar refractivity (Wildman–Crippen MR) is 68.2 cm³/mol. The number of hydrogen-bond donors (Lipinski definition) is 0. The molecule has 1 aliphatic heterocycles. The molecular formula is C14H19ClO. The lowest BCUT2D eigenvalue weighted by molar-refractivity contribution is -0.0499. The molecule has 1 nitrogen and oxygen atoms in total. The van der Waals surface area contributed by atoms with Crippen LogP contribution in [0.3, 0.4) is 0 Å². The molecule has 1 aromatic carbocycles. The molecule has 0 radical (unpaired) electrons. The summed E-state index contributed by atoms with van der Waals surface area (Å²) in [4.78, 5) is 0. The zero-order valence-electron chi connectivity index (χ0n) is 10.2. The van der Waals surface area contributed by atoms with Crippen molar-refractivity contribution in [1.29, 1.82) is 0 Å². The van der Waals surface area contributed by atoms with E-state index in [0.29, 0.717) is 5.92 Å². The molecule has 1 heterocycles. The zero-order valence-corrected chi connectivity index (χ0v) is 11.0. The Morgan fingerprint density at radius 2 is 2.06 bits per heavy atom. The van der Waals surface area contributed by atoms with E-state index >= 15 is 0 Å². The molecule has 1 aliphatic rings. The second kappa shape index (κ2) is 4.38. The Morgan fingerprint density at radius 3 is 2.50 bits per heavy atom. The van der Waals surface area contributed by atoms with Gasteiger partial charge in [-0.3, -0.25) is 0 Å². The summed E-state index contributed by atoms with van der Waals surface area (Å²) in [5.74, 6) is 0.671. The van der Waals surface area contributed by atoms with Crippen molar-refractivity contribution in [3.05, 3.63) is 34.3 Å². The summed E-state index contributed by atoms with van der Waals surface area (Å²) >= 11 is 6.35. The molecule has 1 aromatic rings. The van der Waals surface area contributed by atoms with Gasteiger partial charge in [-0.1, -0.05) is 44.5 Å². The third-order valence-corrected chi connectivity index (χ3v) is 3.48. The van der Waals surface area contributed by atoms with Crippen LogP contribution in [0, 0.1) is 5.92 Å². The molecule has 0 bridgehead atoms.